The maximum Gasteiger partial charge on any atom is 0.321 e. The molecule has 110 valence electrons. The van der Waals surface area contributed by atoms with Crippen LogP contribution >= 0.6 is 0 Å². The zero-order valence-corrected chi connectivity index (χ0v) is 12.0. The summed E-state index contributed by atoms with van der Waals surface area (Å²) in [5.74, 6) is -0.356. The molecule has 1 aliphatic heterocycles. The molecule has 1 aromatic rings. The molecular weight excluding hydrogens is 259 g/mol. The lowest BCUT2D eigenvalue weighted by Crippen LogP contribution is -2.37. The number of nitrogens with one attached hydrogen (secondary N) is 1. The zero-order chi connectivity index (χ0) is 14.6. The van der Waals surface area contributed by atoms with Gasteiger partial charge in [-0.15, -0.1) is 0 Å². The third-order valence-electron chi connectivity index (χ3n) is 3.90. The molecule has 4 nitrogen and oxygen atoms in total. The number of carbonyl (C=O) groups is 1. The topological polar surface area (TPSA) is 41.6 Å². The number of urea groups is 1. The average molecular weight is 280 g/mol. The van der Waals surface area contributed by atoms with Crippen LogP contribution in [0.3, 0.4) is 0 Å². The smallest absolute Gasteiger partial charge is 0.321 e. The summed E-state index contributed by atoms with van der Waals surface area (Å²) in [6.45, 7) is 3.41. The van der Waals surface area contributed by atoms with Gasteiger partial charge in [0.2, 0.25) is 0 Å². The number of rotatable bonds is 2. The number of likely N-dealkylation sites (tertiary alicyclic amines) is 1. The monoisotopic (exact) mass is 280 g/mol. The van der Waals surface area contributed by atoms with E-state index in [2.05, 4.69) is 12.2 Å². The van der Waals surface area contributed by atoms with Crippen LogP contribution in [-0.2, 0) is 4.74 Å². The Morgan fingerprint density at radius 1 is 1.40 bits per heavy atom. The fourth-order valence-electron chi connectivity index (χ4n) is 2.43. The highest BCUT2D eigenvalue weighted by Gasteiger charge is 2.29. The summed E-state index contributed by atoms with van der Waals surface area (Å²) in [6, 6.07) is 5.74. The Morgan fingerprint density at radius 2 is 2.20 bits per heavy atom. The minimum absolute atomic E-state index is 0.159. The molecule has 1 unspecified atom stereocenters. The van der Waals surface area contributed by atoms with Crippen molar-refractivity contribution >= 4 is 11.7 Å². The highest BCUT2D eigenvalue weighted by Crippen LogP contribution is 2.25. The first-order valence-corrected chi connectivity index (χ1v) is 6.89. The van der Waals surface area contributed by atoms with Gasteiger partial charge in [0.1, 0.15) is 5.82 Å². The Balaban J connectivity index is 1.96. The molecular formula is C15H21FN2O2. The summed E-state index contributed by atoms with van der Waals surface area (Å²) in [5.41, 5.74) is 0.321. The standard InChI is InChI=1S/C15H21FN2O2/c1-15(20-2)7-4-9-18(10-8-15)14(19)17-13-6-3-5-12(16)11-13/h3,5-6,11H,4,7-10H2,1-2H3,(H,17,19). The van der Waals surface area contributed by atoms with Gasteiger partial charge in [0.15, 0.2) is 0 Å². The van der Waals surface area contributed by atoms with Crippen LogP contribution in [0.4, 0.5) is 14.9 Å². The second-order valence-corrected chi connectivity index (χ2v) is 5.44. The van der Waals surface area contributed by atoms with Gasteiger partial charge in [0.05, 0.1) is 5.60 Å². The number of methoxy groups -OCH3 is 1. The average Bonchev–Trinajstić information content (AvgIpc) is 2.62. The van der Waals surface area contributed by atoms with Crippen LogP contribution in [-0.4, -0.2) is 36.7 Å². The van der Waals surface area contributed by atoms with Gasteiger partial charge in [-0.1, -0.05) is 6.07 Å². The predicted molar refractivity (Wildman–Crippen MR) is 76.3 cm³/mol. The van der Waals surface area contributed by atoms with Crippen LogP contribution in [0, 0.1) is 5.82 Å². The van der Waals surface area contributed by atoms with Crippen molar-refractivity contribution in [1.82, 2.24) is 4.90 Å². The van der Waals surface area contributed by atoms with Gasteiger partial charge in [-0.05, 0) is 44.4 Å². The van der Waals surface area contributed by atoms with Crippen LogP contribution < -0.4 is 5.32 Å². The van der Waals surface area contributed by atoms with Crippen LogP contribution in [0.5, 0.6) is 0 Å². The Kier molecular flexibility index (Phi) is 4.60. The molecule has 0 spiro atoms. The lowest BCUT2D eigenvalue weighted by atomic mass is 9.97. The van der Waals surface area contributed by atoms with Crippen molar-refractivity contribution in [2.45, 2.75) is 31.8 Å². The summed E-state index contributed by atoms with van der Waals surface area (Å²) in [4.78, 5) is 13.9. The van der Waals surface area contributed by atoms with Crippen molar-refractivity contribution in [2.75, 3.05) is 25.5 Å². The number of ether oxygens (including phenoxy) is 1. The summed E-state index contributed by atoms with van der Waals surface area (Å²) < 4.78 is 18.6. The van der Waals surface area contributed by atoms with E-state index in [0.29, 0.717) is 18.8 Å². The van der Waals surface area contributed by atoms with E-state index < -0.39 is 0 Å². The molecule has 1 N–H and O–H groups in total. The van der Waals surface area contributed by atoms with Crippen molar-refractivity contribution in [3.63, 3.8) is 0 Å². The van der Waals surface area contributed by atoms with E-state index in [1.807, 2.05) is 0 Å². The van der Waals surface area contributed by atoms with Gasteiger partial charge in [-0.25, -0.2) is 9.18 Å². The zero-order valence-electron chi connectivity index (χ0n) is 12.0. The maximum absolute atomic E-state index is 13.1. The lowest BCUT2D eigenvalue weighted by molar-refractivity contribution is -0.00491. The molecule has 0 saturated carbocycles. The van der Waals surface area contributed by atoms with Crippen LogP contribution in [0.1, 0.15) is 26.2 Å². The number of carbonyl (C=O) groups excluding carboxylic acids is 1. The van der Waals surface area contributed by atoms with Crippen LogP contribution in [0.25, 0.3) is 0 Å². The number of halogens is 1. The molecule has 0 bridgehead atoms. The number of hydrogen-bond acceptors (Lipinski definition) is 2. The number of benzene rings is 1. The molecule has 1 aliphatic rings. The van der Waals surface area contributed by atoms with Gasteiger partial charge in [0.25, 0.3) is 0 Å². The Bertz CT molecular complexity index is 481. The number of nitrogens with zero attached hydrogens (tertiary/aromatic N) is 1. The van der Waals surface area contributed by atoms with E-state index in [4.69, 9.17) is 4.74 Å². The van der Waals surface area contributed by atoms with Crippen LogP contribution in [0.2, 0.25) is 0 Å². The third kappa shape index (κ3) is 3.70. The fraction of sp³-hybridized carbons (Fsp3) is 0.533. The number of amides is 2. The first-order valence-electron chi connectivity index (χ1n) is 6.89. The molecule has 1 atom stereocenters. The van der Waals surface area contributed by atoms with Gasteiger partial charge in [-0.3, -0.25) is 0 Å². The van der Waals surface area contributed by atoms with Crippen molar-refractivity contribution in [3.05, 3.63) is 30.1 Å². The highest BCUT2D eigenvalue weighted by molar-refractivity contribution is 5.89. The molecule has 0 aliphatic carbocycles. The normalized spacial score (nSPS) is 23.2. The van der Waals surface area contributed by atoms with E-state index in [0.717, 1.165) is 19.3 Å². The fourth-order valence-corrected chi connectivity index (χ4v) is 2.43. The third-order valence-corrected chi connectivity index (χ3v) is 3.90. The van der Waals surface area contributed by atoms with Gasteiger partial charge in [-0.2, -0.15) is 0 Å². The van der Waals surface area contributed by atoms with Gasteiger partial charge >= 0.3 is 6.03 Å². The first-order chi connectivity index (χ1) is 9.52. The Morgan fingerprint density at radius 3 is 2.90 bits per heavy atom. The minimum Gasteiger partial charge on any atom is -0.378 e. The van der Waals surface area contributed by atoms with E-state index in [9.17, 15) is 9.18 Å². The van der Waals surface area contributed by atoms with Gasteiger partial charge in [0, 0.05) is 25.9 Å². The number of anilines is 1. The molecule has 1 fully saturated rings. The molecule has 2 rings (SSSR count). The van der Waals surface area contributed by atoms with E-state index in [1.165, 1.54) is 12.1 Å². The molecule has 0 aromatic heterocycles. The molecule has 1 heterocycles. The van der Waals surface area contributed by atoms with E-state index in [1.54, 1.807) is 24.1 Å². The Hall–Kier alpha value is -1.62. The summed E-state index contributed by atoms with van der Waals surface area (Å²) in [5, 5.41) is 2.73. The summed E-state index contributed by atoms with van der Waals surface area (Å²) in [7, 11) is 1.71. The summed E-state index contributed by atoms with van der Waals surface area (Å²) in [6.07, 6.45) is 2.65. The number of hydrogen-bond donors (Lipinski definition) is 1. The van der Waals surface area contributed by atoms with E-state index in [-0.39, 0.29) is 17.4 Å². The molecule has 5 heteroatoms. The predicted octanol–water partition coefficient (Wildman–Crippen LogP) is 3.25. The first kappa shape index (κ1) is 14.8. The van der Waals surface area contributed by atoms with Crippen LogP contribution in [0.15, 0.2) is 24.3 Å². The highest BCUT2D eigenvalue weighted by atomic mass is 19.1. The SMILES string of the molecule is COC1(C)CCCN(C(=O)Nc2cccc(F)c2)CC1. The largest absolute Gasteiger partial charge is 0.378 e. The van der Waals surface area contributed by atoms with Crippen molar-refractivity contribution in [1.29, 1.82) is 0 Å². The minimum atomic E-state index is -0.356. The summed E-state index contributed by atoms with van der Waals surface area (Å²) >= 11 is 0. The van der Waals surface area contributed by atoms with Crippen molar-refractivity contribution < 1.29 is 13.9 Å². The van der Waals surface area contributed by atoms with Gasteiger partial charge < -0.3 is 15.0 Å². The van der Waals surface area contributed by atoms with Crippen molar-refractivity contribution in [2.24, 2.45) is 0 Å². The lowest BCUT2D eigenvalue weighted by Gasteiger charge is -2.26. The second-order valence-electron chi connectivity index (χ2n) is 5.44. The second kappa shape index (κ2) is 6.22. The molecule has 1 aromatic carbocycles. The van der Waals surface area contributed by atoms with E-state index >= 15 is 0 Å². The quantitative estimate of drug-likeness (QED) is 0.903. The molecule has 20 heavy (non-hydrogen) atoms. The van der Waals surface area contributed by atoms with Crippen molar-refractivity contribution in [3.8, 4) is 0 Å². The Labute approximate surface area is 118 Å². The molecule has 1 saturated heterocycles. The molecule has 2 amide bonds. The maximum atomic E-state index is 13.1. The molecule has 0 radical (unpaired) electrons.